The number of halogens is 1. The van der Waals surface area contributed by atoms with E-state index in [-0.39, 0.29) is 16.3 Å². The van der Waals surface area contributed by atoms with Gasteiger partial charge in [-0.25, -0.2) is 4.79 Å². The first-order valence-corrected chi connectivity index (χ1v) is 5.88. The SMILES string of the molecule is COc1ccc(Cl)cc1C(=O)NC(CC(N)=O)C(=O)O. The number of nitrogens with two attached hydrogens (primary N) is 1. The maximum absolute atomic E-state index is 12.0. The molecule has 0 radical (unpaired) electrons. The molecule has 0 aliphatic carbocycles. The predicted octanol–water partition coefficient (Wildman–Crippen LogP) is 0.407. The summed E-state index contributed by atoms with van der Waals surface area (Å²) in [6.07, 6.45) is -0.510. The van der Waals surface area contributed by atoms with Crippen LogP contribution in [0.5, 0.6) is 5.75 Å². The predicted molar refractivity (Wildman–Crippen MR) is 70.7 cm³/mol. The quantitative estimate of drug-likeness (QED) is 0.703. The highest BCUT2D eigenvalue weighted by atomic mass is 35.5. The minimum absolute atomic E-state index is 0.0655. The topological polar surface area (TPSA) is 119 Å². The number of benzene rings is 1. The Kier molecular flexibility index (Phi) is 5.33. The Labute approximate surface area is 119 Å². The normalized spacial score (nSPS) is 11.5. The molecular weight excluding hydrogens is 288 g/mol. The van der Waals surface area contributed by atoms with E-state index in [1.165, 1.54) is 25.3 Å². The minimum Gasteiger partial charge on any atom is -0.496 e. The summed E-state index contributed by atoms with van der Waals surface area (Å²) in [6, 6.07) is 2.92. The number of carbonyl (C=O) groups is 3. The molecule has 7 nitrogen and oxygen atoms in total. The van der Waals surface area contributed by atoms with Gasteiger partial charge in [-0.05, 0) is 18.2 Å². The molecule has 0 heterocycles. The van der Waals surface area contributed by atoms with Crippen LogP contribution in [0.3, 0.4) is 0 Å². The van der Waals surface area contributed by atoms with Crippen LogP contribution in [0, 0.1) is 0 Å². The lowest BCUT2D eigenvalue weighted by Gasteiger charge is -2.14. The number of hydrogen-bond donors (Lipinski definition) is 3. The van der Waals surface area contributed by atoms with Crippen LogP contribution in [0.2, 0.25) is 5.02 Å². The fourth-order valence-corrected chi connectivity index (χ4v) is 1.67. The van der Waals surface area contributed by atoms with E-state index in [4.69, 9.17) is 27.2 Å². The fraction of sp³-hybridized carbons (Fsp3) is 0.250. The molecule has 0 saturated carbocycles. The van der Waals surface area contributed by atoms with Crippen molar-refractivity contribution < 1.29 is 24.2 Å². The summed E-state index contributed by atoms with van der Waals surface area (Å²) in [5.41, 5.74) is 4.99. The molecule has 0 saturated heterocycles. The largest absolute Gasteiger partial charge is 0.496 e. The zero-order valence-electron chi connectivity index (χ0n) is 10.6. The van der Waals surface area contributed by atoms with Crippen molar-refractivity contribution in [1.82, 2.24) is 5.32 Å². The summed E-state index contributed by atoms with van der Waals surface area (Å²) in [6.45, 7) is 0. The summed E-state index contributed by atoms with van der Waals surface area (Å²) in [5.74, 6) is -2.69. The molecule has 0 fully saturated rings. The van der Waals surface area contributed by atoms with Gasteiger partial charge >= 0.3 is 5.97 Å². The number of methoxy groups -OCH3 is 1. The molecule has 20 heavy (non-hydrogen) atoms. The Hall–Kier alpha value is -2.28. The third kappa shape index (κ3) is 4.13. The minimum atomic E-state index is -1.41. The maximum atomic E-state index is 12.0. The summed E-state index contributed by atoms with van der Waals surface area (Å²) in [7, 11) is 1.36. The summed E-state index contributed by atoms with van der Waals surface area (Å²) in [5, 5.41) is 11.4. The van der Waals surface area contributed by atoms with E-state index in [0.717, 1.165) is 0 Å². The van der Waals surface area contributed by atoms with Crippen LogP contribution in [-0.4, -0.2) is 36.0 Å². The number of carboxylic acids is 1. The highest BCUT2D eigenvalue weighted by molar-refractivity contribution is 6.31. The van der Waals surface area contributed by atoms with Gasteiger partial charge in [0.15, 0.2) is 0 Å². The van der Waals surface area contributed by atoms with Crippen LogP contribution in [-0.2, 0) is 9.59 Å². The molecule has 1 atom stereocenters. The highest BCUT2D eigenvalue weighted by Gasteiger charge is 2.24. The van der Waals surface area contributed by atoms with E-state index in [2.05, 4.69) is 5.32 Å². The number of amides is 2. The first kappa shape index (κ1) is 15.8. The lowest BCUT2D eigenvalue weighted by atomic mass is 10.1. The number of hydrogen-bond acceptors (Lipinski definition) is 4. The summed E-state index contributed by atoms with van der Waals surface area (Å²) in [4.78, 5) is 33.7. The molecule has 0 aromatic heterocycles. The van der Waals surface area contributed by atoms with E-state index in [9.17, 15) is 14.4 Å². The number of ether oxygens (including phenoxy) is 1. The van der Waals surface area contributed by atoms with Crippen molar-refractivity contribution >= 4 is 29.4 Å². The van der Waals surface area contributed by atoms with Crippen molar-refractivity contribution in [3.8, 4) is 5.75 Å². The maximum Gasteiger partial charge on any atom is 0.326 e. The van der Waals surface area contributed by atoms with Gasteiger partial charge < -0.3 is 20.9 Å². The first-order chi connectivity index (χ1) is 9.35. The van der Waals surface area contributed by atoms with Crippen LogP contribution in [0.4, 0.5) is 0 Å². The Balaban J connectivity index is 2.96. The molecule has 8 heteroatoms. The molecule has 1 aromatic carbocycles. The lowest BCUT2D eigenvalue weighted by Crippen LogP contribution is -2.43. The number of primary amides is 1. The Morgan fingerprint density at radius 3 is 2.60 bits per heavy atom. The van der Waals surface area contributed by atoms with Crippen molar-refractivity contribution in [2.24, 2.45) is 5.73 Å². The van der Waals surface area contributed by atoms with E-state index in [0.29, 0.717) is 0 Å². The molecule has 2 amide bonds. The van der Waals surface area contributed by atoms with Crippen molar-refractivity contribution in [1.29, 1.82) is 0 Å². The first-order valence-electron chi connectivity index (χ1n) is 5.50. The van der Waals surface area contributed by atoms with Gasteiger partial charge in [-0.2, -0.15) is 0 Å². The smallest absolute Gasteiger partial charge is 0.326 e. The molecule has 1 rings (SSSR count). The van der Waals surface area contributed by atoms with Gasteiger partial charge in [0.05, 0.1) is 19.1 Å². The van der Waals surface area contributed by atoms with Crippen molar-refractivity contribution in [3.05, 3.63) is 28.8 Å². The highest BCUT2D eigenvalue weighted by Crippen LogP contribution is 2.22. The molecular formula is C12H13ClN2O5. The number of carbonyl (C=O) groups excluding carboxylic acids is 2. The molecule has 0 spiro atoms. The number of rotatable bonds is 6. The van der Waals surface area contributed by atoms with Crippen LogP contribution in [0.1, 0.15) is 16.8 Å². The van der Waals surface area contributed by atoms with Gasteiger partial charge in [0.1, 0.15) is 11.8 Å². The number of carboxylic acid groups (broad SMARTS) is 1. The number of aliphatic carboxylic acids is 1. The zero-order valence-corrected chi connectivity index (χ0v) is 11.3. The van der Waals surface area contributed by atoms with Gasteiger partial charge in [0.25, 0.3) is 5.91 Å². The van der Waals surface area contributed by atoms with Gasteiger partial charge in [-0.1, -0.05) is 11.6 Å². The van der Waals surface area contributed by atoms with Crippen LogP contribution in [0.15, 0.2) is 18.2 Å². The Morgan fingerprint density at radius 2 is 2.10 bits per heavy atom. The van der Waals surface area contributed by atoms with Crippen LogP contribution >= 0.6 is 11.6 Å². The van der Waals surface area contributed by atoms with Crippen molar-refractivity contribution in [3.63, 3.8) is 0 Å². The molecule has 1 aromatic rings. The zero-order chi connectivity index (χ0) is 15.3. The second kappa shape index (κ2) is 6.76. The monoisotopic (exact) mass is 300 g/mol. The molecule has 0 bridgehead atoms. The Bertz CT molecular complexity index is 547. The van der Waals surface area contributed by atoms with Gasteiger partial charge in [-0.15, -0.1) is 0 Å². The van der Waals surface area contributed by atoms with E-state index in [1.54, 1.807) is 0 Å². The van der Waals surface area contributed by atoms with E-state index in [1.807, 2.05) is 0 Å². The Morgan fingerprint density at radius 1 is 1.45 bits per heavy atom. The number of nitrogens with one attached hydrogen (secondary N) is 1. The standard InChI is InChI=1S/C12H13ClN2O5/c1-20-9-3-2-6(13)4-7(9)11(17)15-8(12(18)19)5-10(14)16/h2-4,8H,5H2,1H3,(H2,14,16)(H,15,17)(H,18,19). The summed E-state index contributed by atoms with van der Waals surface area (Å²) >= 11 is 5.78. The summed E-state index contributed by atoms with van der Waals surface area (Å²) < 4.78 is 4.99. The molecule has 1 unspecified atom stereocenters. The average Bonchev–Trinajstić information content (AvgIpc) is 2.37. The van der Waals surface area contributed by atoms with Crippen LogP contribution in [0.25, 0.3) is 0 Å². The van der Waals surface area contributed by atoms with Crippen LogP contribution < -0.4 is 15.8 Å². The van der Waals surface area contributed by atoms with Crippen molar-refractivity contribution in [2.75, 3.05) is 7.11 Å². The second-order valence-corrected chi connectivity index (χ2v) is 4.32. The molecule has 4 N–H and O–H groups in total. The van der Waals surface area contributed by atoms with Gasteiger partial charge in [-0.3, -0.25) is 9.59 Å². The third-order valence-electron chi connectivity index (χ3n) is 2.41. The third-order valence-corrected chi connectivity index (χ3v) is 2.65. The van der Waals surface area contributed by atoms with E-state index < -0.39 is 30.2 Å². The van der Waals surface area contributed by atoms with Crippen molar-refractivity contribution in [2.45, 2.75) is 12.5 Å². The lowest BCUT2D eigenvalue weighted by molar-refractivity contribution is -0.140. The average molecular weight is 301 g/mol. The molecule has 0 aliphatic rings. The van der Waals surface area contributed by atoms with Gasteiger partial charge in [0, 0.05) is 5.02 Å². The molecule has 0 aliphatic heterocycles. The van der Waals surface area contributed by atoms with Gasteiger partial charge in [0.2, 0.25) is 5.91 Å². The second-order valence-electron chi connectivity index (χ2n) is 3.88. The fourth-order valence-electron chi connectivity index (χ4n) is 1.49. The van der Waals surface area contributed by atoms with E-state index >= 15 is 0 Å². The molecule has 108 valence electrons.